The number of nitrogens with zero attached hydrogens (tertiary/aromatic N) is 3. The van der Waals surface area contributed by atoms with Crippen LogP contribution in [-0.2, 0) is 13.0 Å². The first kappa shape index (κ1) is 14.2. The predicted octanol–water partition coefficient (Wildman–Crippen LogP) is 4.27. The van der Waals surface area contributed by atoms with Crippen LogP contribution in [0, 0.1) is 0 Å². The molecule has 3 heterocycles. The summed E-state index contributed by atoms with van der Waals surface area (Å²) in [5.74, 6) is 0.813. The van der Waals surface area contributed by atoms with Gasteiger partial charge in [-0.25, -0.2) is 9.97 Å². The second-order valence-electron chi connectivity index (χ2n) is 5.57. The lowest BCUT2D eigenvalue weighted by atomic mass is 10.0. The first-order chi connectivity index (χ1) is 11.4. The zero-order valence-corrected chi connectivity index (χ0v) is 13.5. The normalized spacial score (nSPS) is 14.2. The van der Waals surface area contributed by atoms with Crippen LogP contribution in [0.25, 0.3) is 12.2 Å². The molecule has 2 aromatic heterocycles. The van der Waals surface area contributed by atoms with Gasteiger partial charge >= 0.3 is 0 Å². The van der Waals surface area contributed by atoms with Crippen molar-refractivity contribution in [1.82, 2.24) is 9.97 Å². The average molecular weight is 319 g/mol. The van der Waals surface area contributed by atoms with Crippen LogP contribution < -0.4 is 4.90 Å². The maximum absolute atomic E-state index is 4.70. The van der Waals surface area contributed by atoms with Crippen molar-refractivity contribution >= 4 is 29.4 Å². The Morgan fingerprint density at radius 1 is 1.00 bits per heavy atom. The Morgan fingerprint density at radius 2 is 1.91 bits per heavy atom. The van der Waals surface area contributed by atoms with Gasteiger partial charge in [0.15, 0.2) is 0 Å². The van der Waals surface area contributed by atoms with E-state index in [4.69, 9.17) is 4.98 Å². The van der Waals surface area contributed by atoms with E-state index < -0.39 is 0 Å². The topological polar surface area (TPSA) is 29.0 Å². The van der Waals surface area contributed by atoms with Crippen LogP contribution in [0.1, 0.15) is 21.7 Å². The van der Waals surface area contributed by atoms with Crippen LogP contribution >= 0.6 is 11.3 Å². The van der Waals surface area contributed by atoms with Gasteiger partial charge in [0.05, 0.1) is 5.69 Å². The minimum absolute atomic E-state index is 0.813. The third kappa shape index (κ3) is 3.17. The quantitative estimate of drug-likeness (QED) is 0.722. The van der Waals surface area contributed by atoms with Gasteiger partial charge in [-0.3, -0.25) is 0 Å². The Bertz CT molecular complexity index is 824. The van der Waals surface area contributed by atoms with Gasteiger partial charge in [-0.2, -0.15) is 0 Å². The van der Waals surface area contributed by atoms with Crippen molar-refractivity contribution in [2.24, 2.45) is 0 Å². The van der Waals surface area contributed by atoms with E-state index in [9.17, 15) is 0 Å². The van der Waals surface area contributed by atoms with Crippen molar-refractivity contribution in [3.8, 4) is 0 Å². The molecular formula is C19H17N3S. The molecule has 0 bridgehead atoms. The molecule has 0 saturated carbocycles. The highest BCUT2D eigenvalue weighted by atomic mass is 32.1. The van der Waals surface area contributed by atoms with Gasteiger partial charge in [0.2, 0.25) is 5.95 Å². The molecular weight excluding hydrogens is 302 g/mol. The van der Waals surface area contributed by atoms with Crippen LogP contribution in [0.2, 0.25) is 0 Å². The fraction of sp³-hybridized carbons (Fsp3) is 0.158. The van der Waals surface area contributed by atoms with E-state index >= 15 is 0 Å². The summed E-state index contributed by atoms with van der Waals surface area (Å²) in [6.07, 6.45) is 7.04. The van der Waals surface area contributed by atoms with Crippen LogP contribution in [0.4, 0.5) is 5.95 Å². The molecule has 114 valence electrons. The predicted molar refractivity (Wildman–Crippen MR) is 96.5 cm³/mol. The number of anilines is 1. The standard InChI is InChI=1S/C19H17N3S/c1-2-5-16-14-22(12-10-15(16)4-1)19-20-11-9-17(21-19)7-8-18-6-3-13-23-18/h1-9,11,13H,10,12,14H2/b8-7+. The number of hydrogen-bond acceptors (Lipinski definition) is 4. The second-order valence-corrected chi connectivity index (χ2v) is 6.55. The lowest BCUT2D eigenvalue weighted by molar-refractivity contribution is 0.707. The molecule has 3 nitrogen and oxygen atoms in total. The Kier molecular flexibility index (Phi) is 3.90. The Hall–Kier alpha value is -2.46. The van der Waals surface area contributed by atoms with E-state index in [0.29, 0.717) is 0 Å². The van der Waals surface area contributed by atoms with Gasteiger partial charge in [-0.15, -0.1) is 11.3 Å². The van der Waals surface area contributed by atoms with Gasteiger partial charge in [0.1, 0.15) is 0 Å². The maximum Gasteiger partial charge on any atom is 0.226 e. The van der Waals surface area contributed by atoms with Crippen molar-refractivity contribution in [1.29, 1.82) is 0 Å². The minimum atomic E-state index is 0.813. The van der Waals surface area contributed by atoms with E-state index in [1.54, 1.807) is 11.3 Å². The van der Waals surface area contributed by atoms with E-state index in [-0.39, 0.29) is 0 Å². The summed E-state index contributed by atoms with van der Waals surface area (Å²) in [5.41, 5.74) is 3.77. The van der Waals surface area contributed by atoms with Crippen molar-refractivity contribution < 1.29 is 0 Å². The third-order valence-corrected chi connectivity index (χ3v) is 4.88. The van der Waals surface area contributed by atoms with Gasteiger partial charge in [-0.05, 0) is 47.2 Å². The summed E-state index contributed by atoms with van der Waals surface area (Å²) in [5, 5.41) is 2.08. The number of aromatic nitrogens is 2. The van der Waals surface area contributed by atoms with Gasteiger partial charge in [0, 0.05) is 24.2 Å². The summed E-state index contributed by atoms with van der Waals surface area (Å²) in [6.45, 7) is 1.85. The Labute approximate surface area is 140 Å². The van der Waals surface area contributed by atoms with Crippen LogP contribution in [-0.4, -0.2) is 16.5 Å². The van der Waals surface area contributed by atoms with E-state index in [1.807, 2.05) is 12.3 Å². The SMILES string of the molecule is C(=C\c1cccs1)/c1ccnc(N2CCc3ccccc3C2)n1. The molecule has 23 heavy (non-hydrogen) atoms. The molecule has 0 aliphatic carbocycles. The molecule has 0 amide bonds. The molecule has 0 N–H and O–H groups in total. The highest BCUT2D eigenvalue weighted by Crippen LogP contribution is 2.22. The zero-order chi connectivity index (χ0) is 15.5. The Balaban J connectivity index is 1.55. The largest absolute Gasteiger partial charge is 0.336 e. The van der Waals surface area contributed by atoms with Crippen molar-refractivity contribution in [3.05, 3.63) is 75.7 Å². The van der Waals surface area contributed by atoms with Crippen molar-refractivity contribution in [3.63, 3.8) is 0 Å². The van der Waals surface area contributed by atoms with E-state index in [2.05, 4.69) is 63.8 Å². The first-order valence-corrected chi connectivity index (χ1v) is 8.63. The van der Waals surface area contributed by atoms with Gasteiger partial charge in [0.25, 0.3) is 0 Å². The molecule has 1 aliphatic heterocycles. The molecule has 0 fully saturated rings. The minimum Gasteiger partial charge on any atom is -0.336 e. The fourth-order valence-electron chi connectivity index (χ4n) is 2.83. The van der Waals surface area contributed by atoms with Crippen LogP contribution in [0.5, 0.6) is 0 Å². The zero-order valence-electron chi connectivity index (χ0n) is 12.7. The Morgan fingerprint density at radius 3 is 2.78 bits per heavy atom. The number of benzene rings is 1. The molecule has 4 heteroatoms. The fourth-order valence-corrected chi connectivity index (χ4v) is 3.45. The molecule has 1 aliphatic rings. The van der Waals surface area contributed by atoms with Gasteiger partial charge < -0.3 is 4.90 Å². The summed E-state index contributed by atoms with van der Waals surface area (Å²) >= 11 is 1.73. The molecule has 0 spiro atoms. The van der Waals surface area contributed by atoms with Gasteiger partial charge in [-0.1, -0.05) is 30.3 Å². The lowest BCUT2D eigenvalue weighted by Gasteiger charge is -2.28. The van der Waals surface area contributed by atoms with Crippen LogP contribution in [0.3, 0.4) is 0 Å². The smallest absolute Gasteiger partial charge is 0.226 e. The van der Waals surface area contributed by atoms with E-state index in [0.717, 1.165) is 31.2 Å². The molecule has 0 atom stereocenters. The monoisotopic (exact) mass is 319 g/mol. The maximum atomic E-state index is 4.70. The van der Waals surface area contributed by atoms with E-state index in [1.165, 1.54) is 16.0 Å². The summed E-state index contributed by atoms with van der Waals surface area (Å²) in [6, 6.07) is 14.7. The number of rotatable bonds is 3. The molecule has 0 unspecified atom stereocenters. The first-order valence-electron chi connectivity index (χ1n) is 7.75. The second kappa shape index (κ2) is 6.34. The molecule has 0 saturated heterocycles. The number of thiophene rings is 1. The molecule has 0 radical (unpaired) electrons. The van der Waals surface area contributed by atoms with Crippen molar-refractivity contribution in [2.75, 3.05) is 11.4 Å². The highest BCUT2D eigenvalue weighted by molar-refractivity contribution is 7.10. The summed E-state index contributed by atoms with van der Waals surface area (Å²) in [7, 11) is 0. The van der Waals surface area contributed by atoms with Crippen molar-refractivity contribution in [2.45, 2.75) is 13.0 Å². The molecule has 1 aromatic carbocycles. The number of hydrogen-bond donors (Lipinski definition) is 0. The third-order valence-electron chi connectivity index (χ3n) is 4.04. The average Bonchev–Trinajstić information content (AvgIpc) is 3.13. The summed E-state index contributed by atoms with van der Waals surface area (Å²) in [4.78, 5) is 12.7. The lowest BCUT2D eigenvalue weighted by Crippen LogP contribution is -2.31. The van der Waals surface area contributed by atoms with Crippen LogP contribution in [0.15, 0.2) is 54.0 Å². The number of fused-ring (bicyclic) bond motifs is 1. The molecule has 4 rings (SSSR count). The highest BCUT2D eigenvalue weighted by Gasteiger charge is 2.17. The molecule has 3 aromatic rings. The summed E-state index contributed by atoms with van der Waals surface area (Å²) < 4.78 is 0.